The Bertz CT molecular complexity index is 910. The van der Waals surface area contributed by atoms with Crippen molar-refractivity contribution in [3.05, 3.63) is 41.4 Å². The second-order valence-electron chi connectivity index (χ2n) is 5.73. The molecule has 0 saturated carbocycles. The number of phenolic OH excluding ortho intramolecular Hbond substituents is 1. The van der Waals surface area contributed by atoms with Crippen molar-refractivity contribution in [2.75, 3.05) is 4.31 Å². The summed E-state index contributed by atoms with van der Waals surface area (Å²) in [4.78, 5) is 16.8. The second-order valence-corrected chi connectivity index (χ2v) is 7.57. The van der Waals surface area contributed by atoms with Gasteiger partial charge in [0.05, 0.1) is 15.2 Å². The zero-order chi connectivity index (χ0) is 18.1. The van der Waals surface area contributed by atoms with E-state index < -0.39 is 6.03 Å². The highest BCUT2D eigenvalue weighted by molar-refractivity contribution is 7.82. The predicted molar refractivity (Wildman–Crippen MR) is 107 cm³/mol. The monoisotopic (exact) mass is 393 g/mol. The number of rotatable bonds is 3. The van der Waals surface area contributed by atoms with E-state index in [0.717, 1.165) is 19.5 Å². The van der Waals surface area contributed by atoms with Crippen LogP contribution in [0.1, 0.15) is 13.8 Å². The number of thiazole rings is 1. The van der Waals surface area contributed by atoms with E-state index in [4.69, 9.17) is 11.6 Å². The van der Waals surface area contributed by atoms with Crippen LogP contribution in [0, 0.1) is 0 Å². The average molecular weight is 394 g/mol. The number of nitrogens with one attached hydrogen (secondary N) is 1. The van der Waals surface area contributed by atoms with Crippen LogP contribution in [0.25, 0.3) is 20.8 Å². The van der Waals surface area contributed by atoms with E-state index in [9.17, 15) is 9.90 Å². The van der Waals surface area contributed by atoms with Crippen molar-refractivity contribution >= 4 is 57.7 Å². The van der Waals surface area contributed by atoms with E-state index in [1.807, 2.05) is 38.1 Å². The maximum absolute atomic E-state index is 12.2. The van der Waals surface area contributed by atoms with Gasteiger partial charge in [-0.3, -0.25) is 0 Å². The Kier molecular flexibility index (Phi) is 5.08. The molecule has 3 rings (SSSR count). The summed E-state index contributed by atoms with van der Waals surface area (Å²) in [6, 6.07) is 10.5. The minimum Gasteiger partial charge on any atom is -0.504 e. The van der Waals surface area contributed by atoms with Crippen LogP contribution in [0.2, 0.25) is 5.02 Å². The summed E-state index contributed by atoms with van der Waals surface area (Å²) in [6.45, 7) is 3.67. The minimum absolute atomic E-state index is 0.0628. The van der Waals surface area contributed by atoms with Gasteiger partial charge in [0.15, 0.2) is 5.75 Å². The highest BCUT2D eigenvalue weighted by Crippen LogP contribution is 2.41. The van der Waals surface area contributed by atoms with Gasteiger partial charge in [-0.1, -0.05) is 36.5 Å². The van der Waals surface area contributed by atoms with E-state index in [1.165, 1.54) is 11.3 Å². The molecule has 0 unspecified atom stereocenters. The fourth-order valence-electron chi connectivity index (χ4n) is 2.28. The molecular formula is C17H16ClN3O2S2. The number of aromatic nitrogens is 1. The Hall–Kier alpha value is -1.96. The number of thiol groups is 1. The highest BCUT2D eigenvalue weighted by atomic mass is 35.5. The van der Waals surface area contributed by atoms with Gasteiger partial charge in [0.1, 0.15) is 10.7 Å². The van der Waals surface area contributed by atoms with Crippen LogP contribution < -0.4 is 9.62 Å². The number of carbonyl (C=O) groups excluding carboxylic acids is 1. The summed E-state index contributed by atoms with van der Waals surface area (Å²) < 4.78 is 2.08. The minimum atomic E-state index is -0.453. The molecule has 2 aromatic carbocycles. The maximum atomic E-state index is 12.2. The third kappa shape index (κ3) is 3.68. The number of hydrogen-bond donors (Lipinski definition) is 3. The van der Waals surface area contributed by atoms with Crippen molar-refractivity contribution in [2.24, 2.45) is 0 Å². The molecule has 2 N–H and O–H groups in total. The second kappa shape index (κ2) is 7.11. The van der Waals surface area contributed by atoms with Crippen LogP contribution >= 0.6 is 35.8 Å². The summed E-state index contributed by atoms with van der Waals surface area (Å²) >= 11 is 11.9. The van der Waals surface area contributed by atoms with Gasteiger partial charge in [-0.25, -0.2) is 14.1 Å². The fourth-order valence-corrected chi connectivity index (χ4v) is 3.66. The number of nitrogens with zero attached hydrogens (tertiary/aromatic N) is 2. The topological polar surface area (TPSA) is 65.5 Å². The Balaban J connectivity index is 2.04. The number of amides is 2. The zero-order valence-corrected chi connectivity index (χ0v) is 16.0. The Morgan fingerprint density at radius 1 is 1.36 bits per heavy atom. The van der Waals surface area contributed by atoms with Crippen molar-refractivity contribution in [1.29, 1.82) is 0 Å². The summed E-state index contributed by atoms with van der Waals surface area (Å²) in [7, 11) is 0. The smallest absolute Gasteiger partial charge is 0.332 e. The van der Waals surface area contributed by atoms with Gasteiger partial charge in [-0.05, 0) is 38.1 Å². The van der Waals surface area contributed by atoms with Crippen molar-refractivity contribution in [1.82, 2.24) is 10.3 Å². The van der Waals surface area contributed by atoms with Crippen molar-refractivity contribution in [3.8, 4) is 16.3 Å². The first kappa shape index (κ1) is 17.8. The van der Waals surface area contributed by atoms with Gasteiger partial charge in [0.25, 0.3) is 0 Å². The molecule has 0 bridgehead atoms. The van der Waals surface area contributed by atoms with Crippen LogP contribution in [-0.4, -0.2) is 22.2 Å². The van der Waals surface area contributed by atoms with E-state index in [-0.39, 0.29) is 22.5 Å². The largest absolute Gasteiger partial charge is 0.504 e. The Labute approximate surface area is 159 Å². The Morgan fingerprint density at radius 2 is 2.08 bits per heavy atom. The third-order valence-electron chi connectivity index (χ3n) is 3.42. The molecule has 8 heteroatoms. The number of fused-ring (bicyclic) bond motifs is 1. The van der Waals surface area contributed by atoms with E-state index in [0.29, 0.717) is 5.56 Å². The molecule has 0 fully saturated rings. The summed E-state index contributed by atoms with van der Waals surface area (Å²) in [6.07, 6.45) is 0. The molecule has 0 saturated heterocycles. The van der Waals surface area contributed by atoms with Crippen LogP contribution in [0.4, 0.5) is 10.5 Å². The van der Waals surface area contributed by atoms with E-state index in [2.05, 4.69) is 23.1 Å². The quantitative estimate of drug-likeness (QED) is 0.543. The fraction of sp³-hybridized carbons (Fsp3) is 0.176. The molecule has 0 spiro atoms. The summed E-state index contributed by atoms with van der Waals surface area (Å²) in [5, 5.41) is 13.8. The van der Waals surface area contributed by atoms with Gasteiger partial charge >= 0.3 is 6.03 Å². The molecule has 2 amide bonds. The number of carbonyl (C=O) groups is 1. The summed E-state index contributed by atoms with van der Waals surface area (Å²) in [5.74, 6) is -0.208. The first-order valence-electron chi connectivity index (χ1n) is 7.54. The van der Waals surface area contributed by atoms with Crippen molar-refractivity contribution < 1.29 is 9.90 Å². The number of benzene rings is 2. The van der Waals surface area contributed by atoms with E-state index >= 15 is 0 Å². The van der Waals surface area contributed by atoms with Crippen molar-refractivity contribution in [2.45, 2.75) is 19.9 Å². The number of para-hydroxylation sites is 1. The molecule has 0 aliphatic rings. The lowest BCUT2D eigenvalue weighted by Gasteiger charge is -2.20. The molecule has 5 nitrogen and oxygen atoms in total. The standard InChI is InChI=1S/C17H16ClN3O2S2/c1-9(2)19-17(23)21(24)13-8-10(7-11(18)15(13)22)16-20-12-5-3-4-6-14(12)25-16/h3-9,22,24H,1-2H3,(H,19,23). The predicted octanol–water partition coefficient (Wildman–Crippen LogP) is 5.09. The molecule has 1 aromatic heterocycles. The molecule has 0 aliphatic heterocycles. The third-order valence-corrected chi connectivity index (χ3v) is 5.19. The first-order chi connectivity index (χ1) is 11.9. The number of hydrogen-bond acceptors (Lipinski definition) is 5. The van der Waals surface area contributed by atoms with Crippen LogP contribution in [-0.2, 0) is 0 Å². The van der Waals surface area contributed by atoms with Crippen molar-refractivity contribution in [3.63, 3.8) is 0 Å². The number of anilines is 1. The van der Waals surface area contributed by atoms with Crippen LogP contribution in [0.15, 0.2) is 36.4 Å². The van der Waals surface area contributed by atoms with Gasteiger partial charge in [0.2, 0.25) is 0 Å². The van der Waals surface area contributed by atoms with Gasteiger partial charge in [-0.2, -0.15) is 0 Å². The highest BCUT2D eigenvalue weighted by Gasteiger charge is 2.20. The Morgan fingerprint density at radius 3 is 2.76 bits per heavy atom. The number of phenols is 1. The normalized spacial score (nSPS) is 11.1. The molecule has 3 aromatic rings. The number of halogens is 1. The number of aromatic hydroxyl groups is 1. The molecule has 0 atom stereocenters. The van der Waals surface area contributed by atoms with Crippen LogP contribution in [0.3, 0.4) is 0 Å². The van der Waals surface area contributed by atoms with E-state index in [1.54, 1.807) is 12.1 Å². The maximum Gasteiger partial charge on any atom is 0.332 e. The molecule has 130 valence electrons. The average Bonchev–Trinajstić information content (AvgIpc) is 3.00. The lowest BCUT2D eigenvalue weighted by molar-refractivity contribution is 0.247. The summed E-state index contributed by atoms with van der Waals surface area (Å²) in [5.41, 5.74) is 1.78. The molecule has 25 heavy (non-hydrogen) atoms. The van der Waals surface area contributed by atoms with Gasteiger partial charge < -0.3 is 10.4 Å². The molecule has 0 radical (unpaired) electrons. The molecule has 1 heterocycles. The van der Waals surface area contributed by atoms with Gasteiger partial charge in [-0.15, -0.1) is 11.3 Å². The lowest BCUT2D eigenvalue weighted by atomic mass is 10.2. The SMILES string of the molecule is CC(C)NC(=O)N(S)c1cc(-c2nc3ccccc3s2)cc(Cl)c1O. The molecule has 0 aliphatic carbocycles. The lowest BCUT2D eigenvalue weighted by Crippen LogP contribution is -2.38. The van der Waals surface area contributed by atoms with Gasteiger partial charge in [0, 0.05) is 11.6 Å². The van der Waals surface area contributed by atoms with Crippen LogP contribution in [0.5, 0.6) is 5.75 Å². The first-order valence-corrected chi connectivity index (χ1v) is 9.14. The molecular weight excluding hydrogens is 378 g/mol. The zero-order valence-electron chi connectivity index (χ0n) is 13.5. The number of urea groups is 1.